The maximum atomic E-state index is 10.5. The fraction of sp³-hybridized carbons (Fsp3) is 0. The van der Waals surface area contributed by atoms with Crippen LogP contribution in [0.5, 0.6) is 0 Å². The highest BCUT2D eigenvalue weighted by atomic mass is 17.1. The van der Waals surface area contributed by atoms with Crippen molar-refractivity contribution in [1.82, 2.24) is 0 Å². The summed E-state index contributed by atoms with van der Waals surface area (Å²) in [7, 11) is 0. The topological polar surface area (TPSA) is 46.5 Å². The van der Waals surface area contributed by atoms with Gasteiger partial charge in [0.2, 0.25) is 0 Å². The van der Waals surface area contributed by atoms with E-state index in [0.717, 1.165) is 0 Å². The Bertz CT molecular complexity index is 179. The predicted octanol–water partition coefficient (Wildman–Crippen LogP) is 1.30. The molecule has 0 saturated heterocycles. The van der Waals surface area contributed by atoms with Crippen molar-refractivity contribution >= 4 is 5.97 Å². The minimum atomic E-state index is -0.838. The van der Waals surface area contributed by atoms with E-state index in [9.17, 15) is 4.79 Å². The molecule has 0 aliphatic heterocycles. The molecule has 0 amide bonds. The smallest absolute Gasteiger partial charge is 0.296 e. The van der Waals surface area contributed by atoms with Crippen LogP contribution in [-0.2, 0) is 9.68 Å². The fourth-order valence-electron chi connectivity index (χ4n) is 0.399. The van der Waals surface area contributed by atoms with Crippen LogP contribution in [0.2, 0.25) is 0 Å². The first-order valence-corrected chi connectivity index (χ1v) is 2.57. The molecular weight excluding hydrogens is 132 g/mol. The average Bonchev–Trinajstić information content (AvgIpc) is 1.99. The van der Waals surface area contributed by atoms with Gasteiger partial charge in [-0.3, -0.25) is 4.89 Å². The van der Waals surface area contributed by atoms with Crippen LogP contribution in [0.1, 0.15) is 0 Å². The molecule has 0 aliphatic rings. The highest BCUT2D eigenvalue weighted by Crippen LogP contribution is 1.97. The molecule has 1 N–H and O–H groups in total. The van der Waals surface area contributed by atoms with E-state index in [-0.39, 0.29) is 5.57 Å². The van der Waals surface area contributed by atoms with Gasteiger partial charge in [-0.25, -0.2) is 4.79 Å². The third-order valence-electron chi connectivity index (χ3n) is 0.836. The van der Waals surface area contributed by atoms with Gasteiger partial charge in [0, 0.05) is 0 Å². The lowest BCUT2D eigenvalue weighted by atomic mass is 10.2. The average molecular weight is 140 g/mol. The largest absolute Gasteiger partial charge is 0.372 e. The quantitative estimate of drug-likeness (QED) is 0.278. The van der Waals surface area contributed by atoms with Crippen LogP contribution in [0.3, 0.4) is 0 Å². The van der Waals surface area contributed by atoms with Gasteiger partial charge in [-0.05, 0) is 6.08 Å². The Kier molecular flexibility index (Phi) is 3.91. The molecule has 0 aliphatic carbocycles. The van der Waals surface area contributed by atoms with Crippen molar-refractivity contribution in [2.45, 2.75) is 0 Å². The molecule has 54 valence electrons. The highest BCUT2D eigenvalue weighted by molar-refractivity contribution is 5.91. The third-order valence-corrected chi connectivity index (χ3v) is 0.836. The number of allylic oxidation sites excluding steroid dienone is 2. The molecule has 3 nitrogen and oxygen atoms in total. The molecule has 0 aromatic heterocycles. The zero-order valence-corrected chi connectivity index (χ0v) is 5.41. The third kappa shape index (κ3) is 2.28. The summed E-state index contributed by atoms with van der Waals surface area (Å²) in [5, 5.41) is 7.89. The zero-order chi connectivity index (χ0) is 7.98. The molecule has 0 radical (unpaired) electrons. The maximum Gasteiger partial charge on any atom is 0.372 e. The number of carbonyl (C=O) groups excluding carboxylic acids is 1. The molecule has 0 rings (SSSR count). The monoisotopic (exact) mass is 140 g/mol. The van der Waals surface area contributed by atoms with Gasteiger partial charge in [-0.1, -0.05) is 25.3 Å². The summed E-state index contributed by atoms with van der Waals surface area (Å²) in [5.74, 6) is -0.838. The van der Waals surface area contributed by atoms with E-state index < -0.39 is 5.97 Å². The summed E-state index contributed by atoms with van der Waals surface area (Å²) >= 11 is 0. The van der Waals surface area contributed by atoms with Gasteiger partial charge in [0.1, 0.15) is 0 Å². The summed E-state index contributed by atoms with van der Waals surface area (Å²) in [6.07, 6.45) is 4.04. The number of rotatable bonds is 3. The van der Waals surface area contributed by atoms with E-state index in [2.05, 4.69) is 18.0 Å². The molecular formula is C7H8O3. The van der Waals surface area contributed by atoms with Gasteiger partial charge in [0.05, 0.1) is 5.57 Å². The van der Waals surface area contributed by atoms with Crippen LogP contribution in [0.15, 0.2) is 37.0 Å². The van der Waals surface area contributed by atoms with Crippen molar-refractivity contribution in [3.8, 4) is 0 Å². The maximum absolute atomic E-state index is 10.5. The molecule has 10 heavy (non-hydrogen) atoms. The first kappa shape index (κ1) is 8.65. The summed E-state index contributed by atoms with van der Waals surface area (Å²) < 4.78 is 0. The van der Waals surface area contributed by atoms with Gasteiger partial charge in [-0.15, -0.1) is 0 Å². The molecule has 0 fully saturated rings. The van der Waals surface area contributed by atoms with E-state index in [1.165, 1.54) is 18.2 Å². The second kappa shape index (κ2) is 4.52. The second-order valence-electron chi connectivity index (χ2n) is 1.44. The number of hydrogen-bond donors (Lipinski definition) is 1. The molecule has 0 bridgehead atoms. The molecule has 0 aromatic carbocycles. The lowest BCUT2D eigenvalue weighted by Gasteiger charge is -1.92. The zero-order valence-electron chi connectivity index (χ0n) is 5.41. The van der Waals surface area contributed by atoms with Crippen molar-refractivity contribution in [3.05, 3.63) is 37.0 Å². The van der Waals surface area contributed by atoms with Crippen molar-refractivity contribution in [1.29, 1.82) is 0 Å². The van der Waals surface area contributed by atoms with Crippen LogP contribution >= 0.6 is 0 Å². The van der Waals surface area contributed by atoms with Crippen LogP contribution < -0.4 is 0 Å². The summed E-state index contributed by atoms with van der Waals surface area (Å²) in [6, 6.07) is 0. The second-order valence-corrected chi connectivity index (χ2v) is 1.44. The van der Waals surface area contributed by atoms with E-state index in [1.54, 1.807) is 0 Å². The van der Waals surface area contributed by atoms with Crippen molar-refractivity contribution in [3.63, 3.8) is 0 Å². The lowest BCUT2D eigenvalue weighted by molar-refractivity contribution is -0.228. The fourth-order valence-corrected chi connectivity index (χ4v) is 0.399. The van der Waals surface area contributed by atoms with Gasteiger partial charge < -0.3 is 0 Å². The Hall–Kier alpha value is -1.35. The van der Waals surface area contributed by atoms with Crippen LogP contribution in [0.4, 0.5) is 0 Å². The summed E-state index contributed by atoms with van der Waals surface area (Å²) in [6.45, 7) is 6.67. The number of carbonyl (C=O) groups is 1. The molecule has 0 aromatic rings. The minimum absolute atomic E-state index is 0.164. The van der Waals surface area contributed by atoms with E-state index in [0.29, 0.717) is 0 Å². The molecule has 0 spiro atoms. The van der Waals surface area contributed by atoms with Crippen molar-refractivity contribution < 1.29 is 14.9 Å². The van der Waals surface area contributed by atoms with Crippen LogP contribution in [0, 0.1) is 0 Å². The Morgan fingerprint density at radius 1 is 1.50 bits per heavy atom. The van der Waals surface area contributed by atoms with Crippen LogP contribution in [-0.4, -0.2) is 11.2 Å². The standard InChI is InChI=1S/C7H8O3/c1-3-5-6(4-2)7(8)10-9/h3-5,9H,1-2H2/b6-5+. The molecule has 3 heteroatoms. The predicted molar refractivity (Wildman–Crippen MR) is 37.2 cm³/mol. The number of hydrogen-bond acceptors (Lipinski definition) is 3. The Morgan fingerprint density at radius 2 is 2.10 bits per heavy atom. The van der Waals surface area contributed by atoms with Gasteiger partial charge >= 0.3 is 5.97 Å². The highest BCUT2D eigenvalue weighted by Gasteiger charge is 2.03. The first-order chi connectivity index (χ1) is 4.76. The van der Waals surface area contributed by atoms with E-state index in [1.807, 2.05) is 0 Å². The van der Waals surface area contributed by atoms with Gasteiger partial charge in [0.15, 0.2) is 0 Å². The van der Waals surface area contributed by atoms with Gasteiger partial charge in [0.25, 0.3) is 0 Å². The lowest BCUT2D eigenvalue weighted by Crippen LogP contribution is -2.01. The van der Waals surface area contributed by atoms with Gasteiger partial charge in [-0.2, -0.15) is 5.26 Å². The molecule has 0 unspecified atom stereocenters. The van der Waals surface area contributed by atoms with E-state index in [4.69, 9.17) is 5.26 Å². The van der Waals surface area contributed by atoms with E-state index >= 15 is 0 Å². The normalized spacial score (nSPS) is 10.3. The molecule has 0 atom stereocenters. The molecule has 0 heterocycles. The summed E-state index contributed by atoms with van der Waals surface area (Å²) in [5.41, 5.74) is 0.164. The summed E-state index contributed by atoms with van der Waals surface area (Å²) in [4.78, 5) is 13.9. The van der Waals surface area contributed by atoms with Crippen LogP contribution in [0.25, 0.3) is 0 Å². The molecule has 0 saturated carbocycles. The Morgan fingerprint density at radius 3 is 2.40 bits per heavy atom. The Balaban J connectivity index is 4.34. The SMILES string of the molecule is C=C/C=C(\C=C)C(=O)OO. The first-order valence-electron chi connectivity index (χ1n) is 2.57. The minimum Gasteiger partial charge on any atom is -0.296 e. The Labute approximate surface area is 58.9 Å². The van der Waals surface area contributed by atoms with Crippen molar-refractivity contribution in [2.24, 2.45) is 0 Å². The van der Waals surface area contributed by atoms with Crippen molar-refractivity contribution in [2.75, 3.05) is 0 Å².